The summed E-state index contributed by atoms with van der Waals surface area (Å²) in [4.78, 5) is 52.5. The van der Waals surface area contributed by atoms with Crippen molar-refractivity contribution < 1.29 is 38.9 Å². The summed E-state index contributed by atoms with van der Waals surface area (Å²) in [6.45, 7) is 2.07. The molecule has 0 bridgehead atoms. The maximum Gasteiger partial charge on any atom is 0.303 e. The van der Waals surface area contributed by atoms with Crippen LogP contribution in [0, 0.1) is 0 Å². The number of amides is 2. The molecule has 10 nitrogen and oxygen atoms in total. The van der Waals surface area contributed by atoms with Gasteiger partial charge in [0.2, 0.25) is 0 Å². The first kappa shape index (κ1) is 52.6. The number of benzene rings is 8. The van der Waals surface area contributed by atoms with Gasteiger partial charge in [0.1, 0.15) is 11.5 Å². The smallest absolute Gasteiger partial charge is 0.303 e. The molecular weight excluding hydrogens is 949 g/mol. The van der Waals surface area contributed by atoms with Gasteiger partial charge < -0.3 is 29.5 Å². The molecule has 8 aromatic rings. The van der Waals surface area contributed by atoms with Crippen LogP contribution >= 0.6 is 0 Å². The molecular formula is C66H66N2O8. The van der Waals surface area contributed by atoms with E-state index in [1.807, 2.05) is 125 Å². The van der Waals surface area contributed by atoms with Gasteiger partial charge in [-0.2, -0.15) is 0 Å². The minimum Gasteiger partial charge on any atom is -0.493 e. The molecule has 2 amide bonds. The molecule has 2 N–H and O–H groups in total. The van der Waals surface area contributed by atoms with E-state index >= 15 is 0 Å². The van der Waals surface area contributed by atoms with Crippen molar-refractivity contribution in [3.8, 4) is 33.8 Å². The predicted octanol–water partition coefficient (Wildman–Crippen LogP) is 14.7. The molecule has 388 valence electrons. The van der Waals surface area contributed by atoms with Gasteiger partial charge >= 0.3 is 11.9 Å². The lowest BCUT2D eigenvalue weighted by Gasteiger charge is -2.24. The van der Waals surface area contributed by atoms with E-state index in [4.69, 9.17) is 19.7 Å². The van der Waals surface area contributed by atoms with Crippen molar-refractivity contribution in [2.45, 2.75) is 102 Å². The standard InChI is InChI=1S/2C33H33NO4/c35-32(36)15-2-1-7-22-38-31-14-6-4-10-27(31)23-34(28-20-21-28)33(37)26-18-16-25(17-19-26)30-13-8-11-24-9-3-5-12-29(24)30;35-32(36)12-2-1-7-21-38-31-11-6-5-10-29(31)23-34(30-19-20-30)33(37)26-16-13-25(14-17-26)28-18-15-24-8-3-4-9-27(24)22-28/h3-6,8-14,16-19,28H,1-2,7,15,20-23H2,(H,35,36);3-6,8-11,13-18,22,30H,1-2,7,12,19-21,23H2,(H,35,36). The summed E-state index contributed by atoms with van der Waals surface area (Å²) in [5.74, 6) is 0.140. The fourth-order valence-corrected chi connectivity index (χ4v) is 9.67. The van der Waals surface area contributed by atoms with Crippen LogP contribution in [0.2, 0.25) is 0 Å². The number of unbranched alkanes of at least 4 members (excludes halogenated alkanes) is 4. The quantitative estimate of drug-likeness (QED) is 0.0572. The number of carboxylic acids is 2. The van der Waals surface area contributed by atoms with Gasteiger partial charge in [-0.3, -0.25) is 19.2 Å². The maximum absolute atomic E-state index is 13.6. The minimum atomic E-state index is -0.760. The predicted molar refractivity (Wildman–Crippen MR) is 301 cm³/mol. The Labute approximate surface area is 445 Å². The summed E-state index contributed by atoms with van der Waals surface area (Å²) in [6.07, 6.45) is 9.02. The van der Waals surface area contributed by atoms with E-state index in [2.05, 4.69) is 66.7 Å². The van der Waals surface area contributed by atoms with Gasteiger partial charge in [0.25, 0.3) is 11.8 Å². The van der Waals surface area contributed by atoms with Gasteiger partial charge in [0.15, 0.2) is 0 Å². The van der Waals surface area contributed by atoms with Crippen LogP contribution < -0.4 is 9.47 Å². The van der Waals surface area contributed by atoms with Crippen molar-refractivity contribution in [3.05, 3.63) is 204 Å². The summed E-state index contributed by atoms with van der Waals surface area (Å²) in [5.41, 5.74) is 7.85. The van der Waals surface area contributed by atoms with Crippen molar-refractivity contribution >= 4 is 45.3 Å². The van der Waals surface area contributed by atoms with E-state index in [0.717, 1.165) is 96.2 Å². The lowest BCUT2D eigenvalue weighted by atomic mass is 9.97. The molecule has 0 heterocycles. The highest BCUT2D eigenvalue weighted by Crippen LogP contribution is 2.35. The number of hydrogen-bond acceptors (Lipinski definition) is 6. The topological polar surface area (TPSA) is 134 Å². The van der Waals surface area contributed by atoms with Crippen LogP contribution in [0.1, 0.15) is 109 Å². The first-order chi connectivity index (χ1) is 37.2. The third kappa shape index (κ3) is 14.3. The Hall–Kier alpha value is -8.24. The van der Waals surface area contributed by atoms with Crippen molar-refractivity contribution in [3.63, 3.8) is 0 Å². The molecule has 0 aliphatic heterocycles. The second-order valence-corrected chi connectivity index (χ2v) is 19.9. The number of hydrogen-bond donors (Lipinski definition) is 2. The van der Waals surface area contributed by atoms with E-state index < -0.39 is 11.9 Å². The highest BCUT2D eigenvalue weighted by atomic mass is 16.5. The average Bonchev–Trinajstić information content (AvgIpc) is 4.41. The molecule has 0 saturated heterocycles. The largest absolute Gasteiger partial charge is 0.493 e. The third-order valence-corrected chi connectivity index (χ3v) is 14.2. The monoisotopic (exact) mass is 1010 g/mol. The molecule has 0 unspecified atom stereocenters. The molecule has 0 aromatic heterocycles. The minimum absolute atomic E-state index is 0.0421. The van der Waals surface area contributed by atoms with Gasteiger partial charge in [-0.1, -0.05) is 140 Å². The van der Waals surface area contributed by atoms with Crippen LogP contribution in [0.25, 0.3) is 43.8 Å². The molecule has 2 aliphatic rings. The summed E-state index contributed by atoms with van der Waals surface area (Å²) < 4.78 is 12.1. The fraction of sp³-hybridized carbons (Fsp3) is 0.273. The van der Waals surface area contributed by atoms with Gasteiger partial charge in [-0.05, 0) is 150 Å². The molecule has 76 heavy (non-hydrogen) atoms. The van der Waals surface area contributed by atoms with Crippen LogP contribution in [-0.4, -0.2) is 69.1 Å². The summed E-state index contributed by atoms with van der Waals surface area (Å²) in [7, 11) is 0. The normalized spacial score (nSPS) is 12.8. The lowest BCUT2D eigenvalue weighted by molar-refractivity contribution is -0.138. The number of carbonyl (C=O) groups excluding carboxylic acids is 2. The number of nitrogens with zero attached hydrogens (tertiary/aromatic N) is 2. The van der Waals surface area contributed by atoms with Crippen molar-refractivity contribution in [1.82, 2.24) is 9.80 Å². The zero-order valence-corrected chi connectivity index (χ0v) is 43.0. The summed E-state index contributed by atoms with van der Waals surface area (Å²) >= 11 is 0. The van der Waals surface area contributed by atoms with Crippen molar-refractivity contribution in [1.29, 1.82) is 0 Å². The van der Waals surface area contributed by atoms with Crippen LogP contribution in [-0.2, 0) is 22.7 Å². The molecule has 2 saturated carbocycles. The highest BCUT2D eigenvalue weighted by molar-refractivity contribution is 5.99. The van der Waals surface area contributed by atoms with E-state index in [9.17, 15) is 19.2 Å². The number of fused-ring (bicyclic) bond motifs is 2. The molecule has 2 fully saturated rings. The number of carbonyl (C=O) groups is 4. The zero-order valence-electron chi connectivity index (χ0n) is 43.0. The number of rotatable bonds is 24. The van der Waals surface area contributed by atoms with Gasteiger partial charge in [-0.15, -0.1) is 0 Å². The molecule has 0 atom stereocenters. The SMILES string of the molecule is O=C(O)CCCCCOc1ccccc1CN(C(=O)c1ccc(-c2ccc3ccccc3c2)cc1)C1CC1.O=C(O)CCCCCOc1ccccc1CN(C(=O)c1ccc(-c2cccc3ccccc23)cc1)C1CC1. The second-order valence-electron chi connectivity index (χ2n) is 19.9. The van der Waals surface area contributed by atoms with Crippen molar-refractivity contribution in [2.75, 3.05) is 13.2 Å². The summed E-state index contributed by atoms with van der Waals surface area (Å²) in [6, 6.07) is 61.6. The number of carboxylic acid groups (broad SMARTS) is 2. The Morgan fingerprint density at radius 1 is 0.421 bits per heavy atom. The number of ether oxygens (including phenoxy) is 2. The van der Waals surface area contributed by atoms with Crippen molar-refractivity contribution in [2.24, 2.45) is 0 Å². The highest BCUT2D eigenvalue weighted by Gasteiger charge is 2.35. The van der Waals surface area contributed by atoms with Crippen LogP contribution in [0.3, 0.4) is 0 Å². The summed E-state index contributed by atoms with van der Waals surface area (Å²) in [5, 5.41) is 22.4. The Bertz CT molecular complexity index is 3240. The van der Waals surface area contributed by atoms with E-state index in [0.29, 0.717) is 50.3 Å². The molecule has 0 radical (unpaired) electrons. The Morgan fingerprint density at radius 2 is 0.868 bits per heavy atom. The third-order valence-electron chi connectivity index (χ3n) is 14.2. The van der Waals surface area contributed by atoms with E-state index in [-0.39, 0.29) is 36.7 Å². The number of aliphatic carboxylic acids is 2. The average molecular weight is 1020 g/mol. The van der Waals surface area contributed by atoms with E-state index in [1.165, 1.54) is 21.5 Å². The number of para-hydroxylation sites is 2. The van der Waals surface area contributed by atoms with Gasteiger partial charge in [-0.25, -0.2) is 0 Å². The van der Waals surface area contributed by atoms with Gasteiger partial charge in [0, 0.05) is 60.3 Å². The first-order valence-electron chi connectivity index (χ1n) is 26.8. The Kier molecular flexibility index (Phi) is 17.9. The molecule has 8 aromatic carbocycles. The second kappa shape index (κ2) is 25.8. The van der Waals surface area contributed by atoms with E-state index in [1.54, 1.807) is 0 Å². The lowest BCUT2D eigenvalue weighted by Crippen LogP contribution is -2.32. The van der Waals surface area contributed by atoms with Crippen LogP contribution in [0.5, 0.6) is 11.5 Å². The Balaban J connectivity index is 0.000000186. The molecule has 0 spiro atoms. The Morgan fingerprint density at radius 3 is 1.39 bits per heavy atom. The van der Waals surface area contributed by atoms with Crippen LogP contribution in [0.4, 0.5) is 0 Å². The molecule has 10 rings (SSSR count). The first-order valence-corrected chi connectivity index (χ1v) is 26.8. The van der Waals surface area contributed by atoms with Gasteiger partial charge in [0.05, 0.1) is 13.2 Å². The van der Waals surface area contributed by atoms with Crippen LogP contribution in [0.15, 0.2) is 182 Å². The zero-order chi connectivity index (χ0) is 52.6. The molecule has 10 heteroatoms. The maximum atomic E-state index is 13.6. The fourth-order valence-electron chi connectivity index (χ4n) is 9.67. The molecule has 2 aliphatic carbocycles.